The molecule has 0 aromatic rings. The molecular weight excluding hydrogens is 307 g/mol. The first kappa shape index (κ1) is 25.4. The second kappa shape index (κ2) is 8.75. The van der Waals surface area contributed by atoms with Gasteiger partial charge >= 0.3 is 0 Å². The molecule has 0 nitrogen and oxygen atoms in total. The van der Waals surface area contributed by atoms with Gasteiger partial charge in [0.25, 0.3) is 0 Å². The predicted octanol–water partition coefficient (Wildman–Crippen LogP) is 5.76. The lowest BCUT2D eigenvalue weighted by Crippen LogP contribution is -2.36. The van der Waals surface area contributed by atoms with E-state index in [0.717, 1.165) is 0 Å². The lowest BCUT2D eigenvalue weighted by atomic mass is 11.7. The minimum Gasteiger partial charge on any atom is -0.0696 e. The summed E-state index contributed by atoms with van der Waals surface area (Å²) >= 11 is 0. The van der Waals surface area contributed by atoms with Crippen molar-refractivity contribution in [2.24, 2.45) is 0 Å². The van der Waals surface area contributed by atoms with Crippen LogP contribution in [0.2, 0.25) is 78.6 Å². The van der Waals surface area contributed by atoms with Gasteiger partial charge in [0.1, 0.15) is 0 Å². The first-order chi connectivity index (χ1) is 7.41. The molecule has 5 radical (unpaired) electrons. The second-order valence-corrected chi connectivity index (χ2v) is 31.0. The maximum atomic E-state index is 2.65. The summed E-state index contributed by atoms with van der Waals surface area (Å²) in [7, 11) is -3.42. The summed E-state index contributed by atoms with van der Waals surface area (Å²) in [6, 6.07) is 0. The van der Waals surface area contributed by atoms with Gasteiger partial charge in [-0.1, -0.05) is 89.9 Å². The van der Waals surface area contributed by atoms with Crippen molar-refractivity contribution in [3.63, 3.8) is 0 Å². The molecule has 0 N–H and O–H groups in total. The molecule has 0 bridgehead atoms. The average Bonchev–Trinajstić information content (AvgIpc) is 1.64. The van der Waals surface area contributed by atoms with Crippen LogP contribution in [0.3, 0.4) is 0 Å². The molecule has 0 aliphatic rings. The molecule has 0 unspecified atom stereocenters. The minimum atomic E-state index is -0.856. The highest BCUT2D eigenvalue weighted by Gasteiger charge is 2.24. The Morgan fingerprint density at radius 3 is 0.526 bits per heavy atom. The zero-order valence-corrected chi connectivity index (χ0v) is 20.9. The van der Waals surface area contributed by atoms with Crippen LogP contribution >= 0.6 is 0 Å². The normalized spacial score (nSPS) is 13.3. The van der Waals surface area contributed by atoms with Gasteiger partial charge in [-0.15, -0.1) is 0 Å². The monoisotopic (exact) mass is 347 g/mol. The molecule has 0 aromatic heterocycles. The van der Waals surface area contributed by atoms with Gasteiger partial charge in [0.05, 0.1) is 0 Å². The van der Waals surface area contributed by atoms with Crippen LogP contribution in [0.25, 0.3) is 0 Å². The molecule has 0 fully saturated rings. The van der Waals surface area contributed by atoms with E-state index < -0.39 is 32.3 Å². The van der Waals surface area contributed by atoms with E-state index in [1.165, 1.54) is 0 Å². The summed E-state index contributed by atoms with van der Waals surface area (Å²) in [6.45, 7) is 28.9. The van der Waals surface area contributed by atoms with E-state index in [2.05, 4.69) is 89.9 Å². The van der Waals surface area contributed by atoms with Crippen LogP contribution in [-0.4, -0.2) is 49.7 Å². The largest absolute Gasteiger partial charge is 0.0696 e. The molecule has 0 rings (SSSR count). The van der Waals surface area contributed by atoms with Crippen molar-refractivity contribution >= 4 is 49.7 Å². The maximum Gasteiger partial charge on any atom is 0.0444 e. The molecule has 19 heavy (non-hydrogen) atoms. The molecular formula is C14H40AlSi4. The van der Waals surface area contributed by atoms with E-state index in [1.54, 1.807) is 0 Å². The van der Waals surface area contributed by atoms with Crippen molar-refractivity contribution in [3.8, 4) is 0 Å². The van der Waals surface area contributed by atoms with E-state index >= 15 is 0 Å². The smallest absolute Gasteiger partial charge is 0.0444 e. The van der Waals surface area contributed by atoms with Crippen LogP contribution < -0.4 is 0 Å². The highest BCUT2D eigenvalue weighted by Crippen LogP contribution is 2.16. The molecule has 0 saturated carbocycles. The molecule has 115 valence electrons. The van der Waals surface area contributed by atoms with E-state index in [0.29, 0.717) is 0 Å². The fourth-order valence-electron chi connectivity index (χ4n) is 2.60. The van der Waals surface area contributed by atoms with Gasteiger partial charge in [0.2, 0.25) is 0 Å². The van der Waals surface area contributed by atoms with Gasteiger partial charge in [0, 0.05) is 51.1 Å². The third kappa shape index (κ3) is 32.7. The van der Waals surface area contributed by atoms with Crippen LogP contribution in [-0.2, 0) is 0 Å². The summed E-state index contributed by atoms with van der Waals surface area (Å²) in [5, 5.41) is 0. The molecule has 0 saturated heterocycles. The summed E-state index contributed by atoms with van der Waals surface area (Å²) in [5.74, 6) is 0. The van der Waals surface area contributed by atoms with Crippen molar-refractivity contribution < 1.29 is 1.43 Å². The van der Waals surface area contributed by atoms with Crippen LogP contribution in [0.5, 0.6) is 0 Å². The predicted molar refractivity (Wildman–Crippen MR) is 110 cm³/mol. The SMILES string of the molecule is C[Si](C)(C)[CH][Si](C)(C)C.C[Si](C)(C)[CH][Si](C)(C)C.[Al].[HH]. The summed E-state index contributed by atoms with van der Waals surface area (Å²) < 4.78 is 0. The standard InChI is InChI=1S/2C7H19Si2.Al.H2/c2*1-8(2,3)7-9(4,5)6;;/h2*7H,1-6H3;;1H. The Bertz CT molecular complexity index is 182. The minimum absolute atomic E-state index is 0. The van der Waals surface area contributed by atoms with E-state index in [4.69, 9.17) is 0 Å². The fourth-order valence-corrected chi connectivity index (χ4v) is 23.4. The zero-order chi connectivity index (χ0) is 15.4. The van der Waals surface area contributed by atoms with E-state index in [-0.39, 0.29) is 18.8 Å². The fraction of sp³-hybridized carbons (Fsp3) is 0.857. The van der Waals surface area contributed by atoms with Crippen molar-refractivity contribution in [1.82, 2.24) is 0 Å². The highest BCUT2D eigenvalue weighted by molar-refractivity contribution is 7.00. The number of rotatable bonds is 4. The molecule has 0 atom stereocenters. The van der Waals surface area contributed by atoms with Gasteiger partial charge < -0.3 is 0 Å². The molecule has 0 aliphatic carbocycles. The third-order valence-electron chi connectivity index (χ3n) is 1.73. The van der Waals surface area contributed by atoms with Crippen LogP contribution in [0.15, 0.2) is 0 Å². The van der Waals surface area contributed by atoms with Crippen molar-refractivity contribution in [2.75, 3.05) is 0 Å². The lowest BCUT2D eigenvalue weighted by molar-refractivity contribution is 1.64. The van der Waals surface area contributed by atoms with E-state index in [1.807, 2.05) is 0 Å². The Kier molecular flexibility index (Phi) is 11.7. The van der Waals surface area contributed by atoms with E-state index in [9.17, 15) is 0 Å². The molecule has 5 heteroatoms. The zero-order valence-electron chi connectivity index (χ0n) is 15.7. The summed E-state index contributed by atoms with van der Waals surface area (Å²) in [6.07, 6.45) is 0. The number of hydrogen-bond donors (Lipinski definition) is 0. The third-order valence-corrected chi connectivity index (χ3v) is 15.6. The van der Waals surface area contributed by atoms with Crippen molar-refractivity contribution in [1.29, 1.82) is 0 Å². The highest BCUT2D eigenvalue weighted by atomic mass is 28.4. The lowest BCUT2D eigenvalue weighted by Gasteiger charge is -2.24. The van der Waals surface area contributed by atoms with Gasteiger partial charge in [-0.3, -0.25) is 0 Å². The molecule has 0 aliphatic heterocycles. The van der Waals surface area contributed by atoms with Gasteiger partial charge in [-0.2, -0.15) is 0 Å². The van der Waals surface area contributed by atoms with Gasteiger partial charge in [-0.05, 0) is 0 Å². The van der Waals surface area contributed by atoms with Crippen molar-refractivity contribution in [2.45, 2.75) is 78.6 Å². The van der Waals surface area contributed by atoms with Gasteiger partial charge in [0.15, 0.2) is 0 Å². The molecule has 0 spiro atoms. The quantitative estimate of drug-likeness (QED) is 0.567. The van der Waals surface area contributed by atoms with Crippen LogP contribution in [0.1, 0.15) is 1.43 Å². The Morgan fingerprint density at radius 2 is 0.526 bits per heavy atom. The first-order valence-corrected chi connectivity index (χ1v) is 21.5. The molecule has 0 aromatic carbocycles. The topological polar surface area (TPSA) is 0 Å². The Morgan fingerprint density at radius 1 is 0.421 bits per heavy atom. The maximum absolute atomic E-state index is 2.65. The summed E-state index contributed by atoms with van der Waals surface area (Å²) in [4.78, 5) is 0. The Balaban J connectivity index is -0.000000116. The molecule has 0 amide bonds. The van der Waals surface area contributed by atoms with Crippen LogP contribution in [0, 0.1) is 11.3 Å². The Labute approximate surface area is 140 Å². The average molecular weight is 348 g/mol. The first-order valence-electron chi connectivity index (χ1n) is 7.15. The van der Waals surface area contributed by atoms with Crippen LogP contribution in [0.4, 0.5) is 0 Å². The summed E-state index contributed by atoms with van der Waals surface area (Å²) in [5.41, 5.74) is 5.31. The van der Waals surface area contributed by atoms with Crippen molar-refractivity contribution in [3.05, 3.63) is 11.3 Å². The number of hydrogen-bond acceptors (Lipinski definition) is 0. The Hall–Kier alpha value is 1.40. The van der Waals surface area contributed by atoms with Gasteiger partial charge in [-0.25, -0.2) is 0 Å². The molecule has 0 heterocycles. The second-order valence-electron chi connectivity index (χ2n) is 9.75.